The summed E-state index contributed by atoms with van der Waals surface area (Å²) in [6.07, 6.45) is 0. The molecule has 2 aromatic heterocycles. The second-order valence-corrected chi connectivity index (χ2v) is 4.85. The molecule has 2 heterocycles. The van der Waals surface area contributed by atoms with Crippen molar-refractivity contribution in [2.24, 2.45) is 0 Å². The number of hydrogen-bond acceptors (Lipinski definition) is 3. The van der Waals surface area contributed by atoms with Gasteiger partial charge in [0.1, 0.15) is 0 Å². The van der Waals surface area contributed by atoms with Crippen LogP contribution in [0.1, 0.15) is 0 Å². The van der Waals surface area contributed by atoms with Gasteiger partial charge in [-0.2, -0.15) is 0 Å². The van der Waals surface area contributed by atoms with Gasteiger partial charge in [-0.1, -0.05) is 0 Å². The molecule has 0 aliphatic heterocycles. The number of hydrogen-bond donors (Lipinski definition) is 1. The fraction of sp³-hybridized carbons (Fsp3) is 0. The Morgan fingerprint density at radius 2 is 1.46 bits per heavy atom. The highest BCUT2D eigenvalue weighted by Crippen LogP contribution is 2.35. The zero-order valence-electron chi connectivity index (χ0n) is 6.78. The van der Waals surface area contributed by atoms with Crippen LogP contribution in [0, 0.1) is 0 Å². The van der Waals surface area contributed by atoms with Crippen LogP contribution in [0.3, 0.4) is 0 Å². The number of nitrogens with two attached hydrogens (primary N) is 1. The molecule has 0 bridgehead atoms. The summed E-state index contributed by atoms with van der Waals surface area (Å²) in [7, 11) is 0. The Hall–Kier alpha value is -1.06. The number of nitrogen functional groups attached to an aromatic ring is 1. The fourth-order valence-corrected chi connectivity index (χ4v) is 3.33. The summed E-state index contributed by atoms with van der Waals surface area (Å²) >= 11 is 3.49. The van der Waals surface area contributed by atoms with Crippen LogP contribution in [-0.4, -0.2) is 0 Å². The van der Waals surface area contributed by atoms with Gasteiger partial charge in [0.15, 0.2) is 0 Å². The van der Waals surface area contributed by atoms with Crippen molar-refractivity contribution in [2.45, 2.75) is 0 Å². The van der Waals surface area contributed by atoms with E-state index in [2.05, 4.69) is 29.0 Å². The predicted molar refractivity (Wildman–Crippen MR) is 61.6 cm³/mol. The van der Waals surface area contributed by atoms with Gasteiger partial charge in [-0.15, -0.1) is 22.7 Å². The Morgan fingerprint density at radius 3 is 2.00 bits per heavy atom. The molecular weight excluding hydrogens is 198 g/mol. The normalized spacial score (nSPS) is 11.4. The molecule has 3 rings (SSSR count). The summed E-state index contributed by atoms with van der Waals surface area (Å²) in [6, 6.07) is 6.40. The predicted octanol–water partition coefficient (Wildman–Crippen LogP) is 3.70. The van der Waals surface area contributed by atoms with Crippen LogP contribution in [0.2, 0.25) is 0 Å². The molecule has 0 spiro atoms. The summed E-state index contributed by atoms with van der Waals surface area (Å²) < 4.78 is 2.57. The SMILES string of the molecule is Nc1c2ccsc2cc2sccc12. The highest BCUT2D eigenvalue weighted by molar-refractivity contribution is 7.19. The third-order valence-electron chi connectivity index (χ3n) is 2.23. The van der Waals surface area contributed by atoms with Crippen molar-refractivity contribution in [3.63, 3.8) is 0 Å². The average Bonchev–Trinajstić information content (AvgIpc) is 2.71. The number of anilines is 1. The highest BCUT2D eigenvalue weighted by Gasteiger charge is 2.05. The average molecular weight is 205 g/mol. The lowest BCUT2D eigenvalue weighted by molar-refractivity contribution is 1.92. The van der Waals surface area contributed by atoms with E-state index in [-0.39, 0.29) is 0 Å². The van der Waals surface area contributed by atoms with Crippen LogP contribution in [0.5, 0.6) is 0 Å². The third-order valence-corrected chi connectivity index (χ3v) is 3.96. The van der Waals surface area contributed by atoms with E-state index in [9.17, 15) is 0 Å². The van der Waals surface area contributed by atoms with Crippen molar-refractivity contribution < 1.29 is 0 Å². The Balaban J connectivity index is 2.67. The second kappa shape index (κ2) is 2.47. The van der Waals surface area contributed by atoms with Crippen LogP contribution in [0.25, 0.3) is 20.2 Å². The zero-order chi connectivity index (χ0) is 8.84. The summed E-state index contributed by atoms with van der Waals surface area (Å²) in [5, 5.41) is 6.56. The minimum atomic E-state index is 0.926. The minimum Gasteiger partial charge on any atom is -0.398 e. The van der Waals surface area contributed by atoms with Crippen LogP contribution < -0.4 is 5.73 Å². The molecule has 0 aliphatic rings. The van der Waals surface area contributed by atoms with E-state index in [1.54, 1.807) is 22.7 Å². The van der Waals surface area contributed by atoms with Gasteiger partial charge in [0.05, 0.1) is 0 Å². The number of thiophene rings is 2. The standard InChI is InChI=1S/C10H7NS2/c11-10-6-1-3-12-8(6)5-9-7(10)2-4-13-9/h1-5H,11H2. The monoisotopic (exact) mass is 205 g/mol. The van der Waals surface area contributed by atoms with Gasteiger partial charge in [0, 0.05) is 25.9 Å². The molecule has 3 aromatic rings. The van der Waals surface area contributed by atoms with Crippen molar-refractivity contribution >= 4 is 48.5 Å². The van der Waals surface area contributed by atoms with Gasteiger partial charge in [-0.05, 0) is 29.0 Å². The van der Waals surface area contributed by atoms with Gasteiger partial charge >= 0.3 is 0 Å². The summed E-state index contributed by atoms with van der Waals surface area (Å²) in [5.74, 6) is 0. The number of rotatable bonds is 0. The lowest BCUT2D eigenvalue weighted by Gasteiger charge is -1.98. The quantitative estimate of drug-likeness (QED) is 0.556. The van der Waals surface area contributed by atoms with Crippen molar-refractivity contribution in [3.8, 4) is 0 Å². The van der Waals surface area contributed by atoms with E-state index in [4.69, 9.17) is 5.73 Å². The molecule has 0 unspecified atom stereocenters. The number of benzene rings is 1. The molecule has 3 heteroatoms. The van der Waals surface area contributed by atoms with Gasteiger partial charge in [-0.3, -0.25) is 0 Å². The summed E-state index contributed by atoms with van der Waals surface area (Å²) in [4.78, 5) is 0. The molecule has 0 radical (unpaired) electrons. The van der Waals surface area contributed by atoms with E-state index in [0.717, 1.165) is 5.69 Å². The van der Waals surface area contributed by atoms with E-state index in [1.165, 1.54) is 20.2 Å². The lowest BCUT2D eigenvalue weighted by atomic mass is 10.1. The van der Waals surface area contributed by atoms with Gasteiger partial charge in [-0.25, -0.2) is 0 Å². The first-order valence-corrected chi connectivity index (χ1v) is 5.75. The van der Waals surface area contributed by atoms with Crippen LogP contribution in [-0.2, 0) is 0 Å². The molecule has 64 valence electrons. The van der Waals surface area contributed by atoms with Gasteiger partial charge < -0.3 is 5.73 Å². The van der Waals surface area contributed by atoms with Crippen molar-refractivity contribution in [1.29, 1.82) is 0 Å². The molecule has 1 nitrogen and oxygen atoms in total. The lowest BCUT2D eigenvalue weighted by Crippen LogP contribution is -1.84. The van der Waals surface area contributed by atoms with Gasteiger partial charge in [0.25, 0.3) is 0 Å². The molecule has 0 aliphatic carbocycles. The van der Waals surface area contributed by atoms with Gasteiger partial charge in [0.2, 0.25) is 0 Å². The Morgan fingerprint density at radius 1 is 0.923 bits per heavy atom. The smallest absolute Gasteiger partial charge is 0.0490 e. The Bertz CT molecular complexity index is 528. The van der Waals surface area contributed by atoms with E-state index >= 15 is 0 Å². The molecule has 0 saturated carbocycles. The molecule has 0 atom stereocenters. The first-order valence-electron chi connectivity index (χ1n) is 3.99. The van der Waals surface area contributed by atoms with Crippen LogP contribution >= 0.6 is 22.7 Å². The summed E-state index contributed by atoms with van der Waals surface area (Å²) in [6.45, 7) is 0. The molecule has 13 heavy (non-hydrogen) atoms. The Labute approximate surface area is 83.4 Å². The molecule has 0 amide bonds. The second-order valence-electron chi connectivity index (χ2n) is 2.96. The topological polar surface area (TPSA) is 26.0 Å². The van der Waals surface area contributed by atoms with Crippen molar-refractivity contribution in [2.75, 3.05) is 5.73 Å². The molecule has 0 fully saturated rings. The molecule has 2 N–H and O–H groups in total. The minimum absolute atomic E-state index is 0.926. The fourth-order valence-electron chi connectivity index (χ4n) is 1.57. The third kappa shape index (κ3) is 0.913. The molecular formula is C10H7NS2. The maximum absolute atomic E-state index is 6.06. The van der Waals surface area contributed by atoms with E-state index in [1.807, 2.05) is 0 Å². The molecule has 1 aromatic carbocycles. The van der Waals surface area contributed by atoms with Crippen LogP contribution in [0.15, 0.2) is 29.0 Å². The first-order chi connectivity index (χ1) is 6.36. The van der Waals surface area contributed by atoms with Crippen molar-refractivity contribution in [3.05, 3.63) is 29.0 Å². The van der Waals surface area contributed by atoms with Crippen LogP contribution in [0.4, 0.5) is 5.69 Å². The highest BCUT2D eigenvalue weighted by atomic mass is 32.1. The maximum atomic E-state index is 6.06. The summed E-state index contributed by atoms with van der Waals surface area (Å²) in [5.41, 5.74) is 6.98. The number of fused-ring (bicyclic) bond motifs is 2. The zero-order valence-corrected chi connectivity index (χ0v) is 8.41. The first kappa shape index (κ1) is 7.35. The molecule has 0 saturated heterocycles. The van der Waals surface area contributed by atoms with Crippen molar-refractivity contribution in [1.82, 2.24) is 0 Å². The van der Waals surface area contributed by atoms with E-state index in [0.29, 0.717) is 0 Å². The Kier molecular flexibility index (Phi) is 1.39. The van der Waals surface area contributed by atoms with E-state index < -0.39 is 0 Å². The largest absolute Gasteiger partial charge is 0.398 e. The maximum Gasteiger partial charge on any atom is 0.0490 e.